The van der Waals surface area contributed by atoms with Crippen molar-refractivity contribution in [3.8, 4) is 6.07 Å². The summed E-state index contributed by atoms with van der Waals surface area (Å²) in [4.78, 5) is 12.3. The van der Waals surface area contributed by atoms with Gasteiger partial charge in [0.05, 0.1) is 0 Å². The molecule has 0 saturated heterocycles. The number of hydrogen-bond donors (Lipinski definition) is 0. The molecule has 0 aliphatic rings. The predicted molar refractivity (Wildman–Crippen MR) is 72.0 cm³/mol. The van der Waals surface area contributed by atoms with E-state index in [-0.39, 0.29) is 5.78 Å². The van der Waals surface area contributed by atoms with Crippen LogP contribution in [0, 0.1) is 11.3 Å². The molecule has 2 heterocycles. The van der Waals surface area contributed by atoms with Crippen molar-refractivity contribution < 1.29 is 4.79 Å². The minimum atomic E-state index is -0.0113. The molecule has 0 bridgehead atoms. The molecule has 0 spiro atoms. The predicted octanol–water partition coefficient (Wildman–Crippen LogP) is 3.04. The van der Waals surface area contributed by atoms with Crippen LogP contribution < -0.4 is 0 Å². The second-order valence-electron chi connectivity index (χ2n) is 4.24. The first-order valence-electron chi connectivity index (χ1n) is 5.90. The summed E-state index contributed by atoms with van der Waals surface area (Å²) in [7, 11) is 0. The molecular weight excluding hydrogens is 236 g/mol. The van der Waals surface area contributed by atoms with Crippen LogP contribution in [0.3, 0.4) is 0 Å². The van der Waals surface area contributed by atoms with E-state index >= 15 is 0 Å². The summed E-state index contributed by atoms with van der Waals surface area (Å²) in [6.07, 6.45) is 1.75. The van der Waals surface area contributed by atoms with Gasteiger partial charge in [-0.25, -0.2) is 0 Å². The van der Waals surface area contributed by atoms with E-state index in [0.29, 0.717) is 16.8 Å². The summed E-state index contributed by atoms with van der Waals surface area (Å²) in [6.45, 7) is 0. The van der Waals surface area contributed by atoms with E-state index in [1.165, 1.54) is 0 Å². The van der Waals surface area contributed by atoms with Gasteiger partial charge in [-0.3, -0.25) is 4.79 Å². The third-order valence-corrected chi connectivity index (χ3v) is 3.07. The zero-order valence-electron chi connectivity index (χ0n) is 10.1. The van der Waals surface area contributed by atoms with E-state index in [1.54, 1.807) is 40.9 Å². The zero-order valence-corrected chi connectivity index (χ0v) is 10.1. The Bertz CT molecular complexity index is 794. The molecule has 0 fully saturated rings. The van der Waals surface area contributed by atoms with Crippen molar-refractivity contribution in [3.05, 3.63) is 77.6 Å². The van der Waals surface area contributed by atoms with Gasteiger partial charge < -0.3 is 4.40 Å². The fourth-order valence-electron chi connectivity index (χ4n) is 2.10. The maximum Gasteiger partial charge on any atom is 0.193 e. The molecule has 0 amide bonds. The number of ketones is 1. The number of carbonyl (C=O) groups excluding carboxylic acids is 1. The van der Waals surface area contributed by atoms with E-state index in [2.05, 4.69) is 6.07 Å². The molecule has 0 unspecified atom stereocenters. The fourth-order valence-corrected chi connectivity index (χ4v) is 2.10. The molecule has 90 valence electrons. The number of benzene rings is 1. The molecule has 0 aliphatic carbocycles. The number of nitrogens with zero attached hydrogens (tertiary/aromatic N) is 2. The van der Waals surface area contributed by atoms with Crippen molar-refractivity contribution in [3.63, 3.8) is 0 Å². The molecule has 0 saturated carbocycles. The van der Waals surface area contributed by atoms with Crippen LogP contribution in [0.4, 0.5) is 0 Å². The summed E-state index contributed by atoms with van der Waals surface area (Å²) in [5.41, 5.74) is 2.70. The minimum absolute atomic E-state index is 0.0113. The molecule has 3 nitrogen and oxygen atoms in total. The average Bonchev–Trinajstić information content (AvgIpc) is 2.89. The van der Waals surface area contributed by atoms with Gasteiger partial charge in [-0.1, -0.05) is 30.3 Å². The smallest absolute Gasteiger partial charge is 0.193 e. The van der Waals surface area contributed by atoms with Gasteiger partial charge in [0.15, 0.2) is 5.78 Å². The molecule has 0 radical (unpaired) electrons. The minimum Gasteiger partial charge on any atom is -0.308 e. The number of pyridine rings is 1. The van der Waals surface area contributed by atoms with Crippen molar-refractivity contribution in [2.45, 2.75) is 0 Å². The van der Waals surface area contributed by atoms with Crippen molar-refractivity contribution in [2.24, 2.45) is 0 Å². The highest BCUT2D eigenvalue weighted by Gasteiger charge is 2.10. The molecule has 2 aromatic heterocycles. The van der Waals surface area contributed by atoms with Gasteiger partial charge in [0.2, 0.25) is 0 Å². The first kappa shape index (κ1) is 11.2. The SMILES string of the molecule is N#Cc1ccc2cc(C(=O)c3ccccc3)ccn12. The maximum absolute atomic E-state index is 12.3. The largest absolute Gasteiger partial charge is 0.308 e. The van der Waals surface area contributed by atoms with E-state index < -0.39 is 0 Å². The lowest BCUT2D eigenvalue weighted by Crippen LogP contribution is -2.01. The summed E-state index contributed by atoms with van der Waals surface area (Å²) in [6, 6.07) is 18.4. The third-order valence-electron chi connectivity index (χ3n) is 3.07. The van der Waals surface area contributed by atoms with Crippen LogP contribution in [0.2, 0.25) is 0 Å². The zero-order chi connectivity index (χ0) is 13.2. The van der Waals surface area contributed by atoms with Crippen LogP contribution in [-0.4, -0.2) is 10.2 Å². The Morgan fingerprint density at radius 3 is 2.53 bits per heavy atom. The van der Waals surface area contributed by atoms with Crippen molar-refractivity contribution >= 4 is 11.3 Å². The van der Waals surface area contributed by atoms with Crippen LogP contribution in [0.15, 0.2) is 60.8 Å². The summed E-state index contributed by atoms with van der Waals surface area (Å²) in [5.74, 6) is -0.0113. The molecule has 0 atom stereocenters. The van der Waals surface area contributed by atoms with Crippen LogP contribution in [0.25, 0.3) is 5.52 Å². The summed E-state index contributed by atoms with van der Waals surface area (Å²) in [5, 5.41) is 8.94. The first-order valence-corrected chi connectivity index (χ1v) is 5.90. The van der Waals surface area contributed by atoms with Crippen LogP contribution in [0.1, 0.15) is 21.6 Å². The fraction of sp³-hybridized carbons (Fsp3) is 0. The number of rotatable bonds is 2. The van der Waals surface area contributed by atoms with E-state index in [9.17, 15) is 4.79 Å². The lowest BCUT2D eigenvalue weighted by molar-refractivity contribution is 0.103. The molecular formula is C16H10N2O. The number of aromatic nitrogens is 1. The third kappa shape index (κ3) is 1.90. The van der Waals surface area contributed by atoms with Gasteiger partial charge in [-0.15, -0.1) is 0 Å². The Kier molecular flexibility index (Phi) is 2.62. The maximum atomic E-state index is 12.3. The average molecular weight is 246 g/mol. The van der Waals surface area contributed by atoms with Gasteiger partial charge in [0, 0.05) is 22.8 Å². The van der Waals surface area contributed by atoms with Gasteiger partial charge in [-0.05, 0) is 24.3 Å². The molecule has 3 aromatic rings. The Balaban J connectivity index is 2.07. The molecule has 1 aromatic carbocycles. The summed E-state index contributed by atoms with van der Waals surface area (Å²) < 4.78 is 1.77. The van der Waals surface area contributed by atoms with E-state index in [0.717, 1.165) is 5.52 Å². The second kappa shape index (κ2) is 4.43. The van der Waals surface area contributed by atoms with E-state index in [4.69, 9.17) is 5.26 Å². The highest BCUT2D eigenvalue weighted by Crippen LogP contribution is 2.15. The van der Waals surface area contributed by atoms with Crippen molar-refractivity contribution in [1.82, 2.24) is 4.40 Å². The number of nitriles is 1. The van der Waals surface area contributed by atoms with Crippen LogP contribution in [-0.2, 0) is 0 Å². The molecule has 19 heavy (non-hydrogen) atoms. The Hall–Kier alpha value is -2.86. The quantitative estimate of drug-likeness (QED) is 0.652. The van der Waals surface area contributed by atoms with Gasteiger partial charge >= 0.3 is 0 Å². The number of carbonyl (C=O) groups is 1. The van der Waals surface area contributed by atoms with Gasteiger partial charge in [0.25, 0.3) is 0 Å². The number of hydrogen-bond acceptors (Lipinski definition) is 2. The highest BCUT2D eigenvalue weighted by molar-refractivity contribution is 6.09. The molecule has 0 N–H and O–H groups in total. The van der Waals surface area contributed by atoms with E-state index in [1.807, 2.05) is 24.3 Å². The highest BCUT2D eigenvalue weighted by atomic mass is 16.1. The molecule has 3 heteroatoms. The first-order chi connectivity index (χ1) is 9.29. The Morgan fingerprint density at radius 2 is 1.79 bits per heavy atom. The second-order valence-corrected chi connectivity index (χ2v) is 4.24. The molecule has 0 aliphatic heterocycles. The monoisotopic (exact) mass is 246 g/mol. The molecule has 3 rings (SSSR count). The normalized spacial score (nSPS) is 10.3. The Labute approximate surface area is 110 Å². The lowest BCUT2D eigenvalue weighted by atomic mass is 10.0. The van der Waals surface area contributed by atoms with Gasteiger partial charge in [-0.2, -0.15) is 5.26 Å². The van der Waals surface area contributed by atoms with Crippen molar-refractivity contribution in [2.75, 3.05) is 0 Å². The lowest BCUT2D eigenvalue weighted by Gasteiger charge is -2.03. The van der Waals surface area contributed by atoms with Crippen LogP contribution in [0.5, 0.6) is 0 Å². The topological polar surface area (TPSA) is 45.3 Å². The summed E-state index contributed by atoms with van der Waals surface area (Å²) >= 11 is 0. The standard InChI is InChI=1S/C16H10N2O/c17-11-15-7-6-14-10-13(8-9-18(14)15)16(19)12-4-2-1-3-5-12/h1-10H. The number of fused-ring (bicyclic) bond motifs is 1. The Morgan fingerprint density at radius 1 is 1.00 bits per heavy atom. The van der Waals surface area contributed by atoms with Crippen LogP contribution >= 0.6 is 0 Å². The van der Waals surface area contributed by atoms with Crippen molar-refractivity contribution in [1.29, 1.82) is 5.26 Å². The van der Waals surface area contributed by atoms with Gasteiger partial charge in [0.1, 0.15) is 11.8 Å².